The molecule has 3 aromatic rings. The van der Waals surface area contributed by atoms with Crippen LogP contribution in [0.5, 0.6) is 0 Å². The van der Waals surface area contributed by atoms with Gasteiger partial charge >= 0.3 is 0 Å². The highest BCUT2D eigenvalue weighted by atomic mass is 32.1. The normalized spacial score (nSPS) is 17.7. The average Bonchev–Trinajstić information content (AvgIpc) is 3.53. The Labute approximate surface area is 190 Å². The summed E-state index contributed by atoms with van der Waals surface area (Å²) in [5.74, 6) is 0.538. The fraction of sp³-hybridized carbons (Fsp3) is 0.435. The molecule has 5 rings (SSSR count). The highest BCUT2D eigenvalue weighted by molar-refractivity contribution is 7.13. The Morgan fingerprint density at radius 1 is 1.09 bits per heavy atom. The van der Waals surface area contributed by atoms with E-state index < -0.39 is 0 Å². The molecule has 32 heavy (non-hydrogen) atoms. The second-order valence-corrected chi connectivity index (χ2v) is 9.34. The number of rotatable bonds is 5. The zero-order chi connectivity index (χ0) is 21.9. The molecule has 8 nitrogen and oxygen atoms in total. The van der Waals surface area contributed by atoms with E-state index in [1.807, 2.05) is 23.1 Å². The molecule has 0 aromatic carbocycles. The quantitative estimate of drug-likeness (QED) is 0.643. The molecule has 2 saturated heterocycles. The highest BCUT2D eigenvalue weighted by Gasteiger charge is 2.28. The molecule has 0 radical (unpaired) electrons. The maximum Gasteiger partial charge on any atom is 0.236 e. The molecule has 2 fully saturated rings. The monoisotopic (exact) mass is 450 g/mol. The fourth-order valence-electron chi connectivity index (χ4n) is 4.42. The minimum absolute atomic E-state index is 0.0397. The van der Waals surface area contributed by atoms with Crippen LogP contribution in [-0.2, 0) is 9.59 Å². The predicted octanol–water partition coefficient (Wildman–Crippen LogP) is 3.03. The van der Waals surface area contributed by atoms with Crippen LogP contribution >= 0.6 is 11.3 Å². The van der Waals surface area contributed by atoms with Crippen LogP contribution in [0.25, 0.3) is 21.5 Å². The van der Waals surface area contributed by atoms with Crippen LogP contribution in [0, 0.1) is 5.92 Å². The summed E-state index contributed by atoms with van der Waals surface area (Å²) in [4.78, 5) is 43.7. The number of nitrogens with one attached hydrogen (secondary N) is 1. The van der Waals surface area contributed by atoms with Crippen LogP contribution < -0.4 is 5.32 Å². The van der Waals surface area contributed by atoms with Gasteiger partial charge in [-0.15, -0.1) is 11.3 Å². The third kappa shape index (κ3) is 4.63. The number of amides is 2. The van der Waals surface area contributed by atoms with Gasteiger partial charge in [-0.25, -0.2) is 9.97 Å². The number of likely N-dealkylation sites (tertiary alicyclic amines) is 2. The molecular weight excluding hydrogens is 424 g/mol. The lowest BCUT2D eigenvalue weighted by atomic mass is 9.96. The Morgan fingerprint density at radius 2 is 1.91 bits per heavy atom. The number of aromatic nitrogens is 3. The first kappa shape index (κ1) is 21.0. The molecule has 3 aromatic heterocycles. The molecule has 0 unspecified atom stereocenters. The van der Waals surface area contributed by atoms with Crippen molar-refractivity contribution in [1.29, 1.82) is 0 Å². The Hall–Kier alpha value is -2.91. The van der Waals surface area contributed by atoms with Crippen molar-refractivity contribution in [2.75, 3.05) is 38.0 Å². The summed E-state index contributed by atoms with van der Waals surface area (Å²) in [6.07, 6.45) is 7.25. The van der Waals surface area contributed by atoms with E-state index in [0.29, 0.717) is 38.3 Å². The summed E-state index contributed by atoms with van der Waals surface area (Å²) in [5.41, 5.74) is 3.42. The minimum atomic E-state index is -0.111. The molecule has 0 bridgehead atoms. The molecule has 2 amide bonds. The third-order valence-corrected chi connectivity index (χ3v) is 7.08. The Morgan fingerprint density at radius 3 is 2.66 bits per heavy atom. The van der Waals surface area contributed by atoms with Crippen molar-refractivity contribution in [1.82, 2.24) is 24.8 Å². The number of carbonyl (C=O) groups is 2. The number of hydrogen-bond donors (Lipinski definition) is 1. The van der Waals surface area contributed by atoms with Gasteiger partial charge in [-0.1, -0.05) is 0 Å². The second kappa shape index (κ2) is 9.30. The minimum Gasteiger partial charge on any atom is -0.342 e. The molecule has 1 N–H and O–H groups in total. The van der Waals surface area contributed by atoms with E-state index in [1.165, 1.54) is 24.2 Å². The lowest BCUT2D eigenvalue weighted by Crippen LogP contribution is -2.45. The number of carbonyl (C=O) groups excluding carboxylic acids is 2. The summed E-state index contributed by atoms with van der Waals surface area (Å²) in [5, 5.41) is 3.87. The van der Waals surface area contributed by atoms with E-state index in [0.717, 1.165) is 34.6 Å². The van der Waals surface area contributed by atoms with Gasteiger partial charge < -0.3 is 10.2 Å². The molecule has 0 atom stereocenters. The molecule has 0 saturated carbocycles. The first-order valence-corrected chi connectivity index (χ1v) is 12.0. The van der Waals surface area contributed by atoms with Crippen molar-refractivity contribution in [2.24, 2.45) is 5.92 Å². The number of pyridine rings is 2. The van der Waals surface area contributed by atoms with Crippen molar-refractivity contribution < 1.29 is 9.59 Å². The highest BCUT2D eigenvalue weighted by Crippen LogP contribution is 2.25. The smallest absolute Gasteiger partial charge is 0.236 e. The molecule has 2 aliphatic rings. The second-order valence-electron chi connectivity index (χ2n) is 8.45. The number of piperidine rings is 1. The van der Waals surface area contributed by atoms with Crippen LogP contribution in [0.15, 0.2) is 36.1 Å². The van der Waals surface area contributed by atoms with E-state index in [1.54, 1.807) is 17.9 Å². The van der Waals surface area contributed by atoms with Crippen molar-refractivity contribution in [3.63, 3.8) is 0 Å². The van der Waals surface area contributed by atoms with Crippen LogP contribution in [0.4, 0.5) is 5.82 Å². The zero-order valence-electron chi connectivity index (χ0n) is 17.9. The molecule has 166 valence electrons. The first-order chi connectivity index (χ1) is 15.7. The molecule has 0 aliphatic carbocycles. The molecule has 5 heterocycles. The van der Waals surface area contributed by atoms with Gasteiger partial charge in [0.2, 0.25) is 11.8 Å². The SMILES string of the molecule is O=C(Nc1cc2nc(-c3cncs3)ccc2cn1)C1CCN(C(=O)CN2CCCC2)CC1. The largest absolute Gasteiger partial charge is 0.342 e. The Balaban J connectivity index is 1.19. The van der Waals surface area contributed by atoms with Crippen LogP contribution in [0.2, 0.25) is 0 Å². The van der Waals surface area contributed by atoms with Crippen molar-refractivity contribution in [3.8, 4) is 10.6 Å². The van der Waals surface area contributed by atoms with Crippen LogP contribution in [0.1, 0.15) is 25.7 Å². The van der Waals surface area contributed by atoms with E-state index in [4.69, 9.17) is 4.98 Å². The van der Waals surface area contributed by atoms with Gasteiger partial charge in [0.15, 0.2) is 0 Å². The Bertz CT molecular complexity index is 1100. The van der Waals surface area contributed by atoms with Gasteiger partial charge in [-0.3, -0.25) is 19.5 Å². The number of nitrogens with zero attached hydrogens (tertiary/aromatic N) is 5. The van der Waals surface area contributed by atoms with E-state index >= 15 is 0 Å². The van der Waals surface area contributed by atoms with E-state index in [-0.39, 0.29) is 17.7 Å². The number of anilines is 1. The number of thiazole rings is 1. The third-order valence-electron chi connectivity index (χ3n) is 6.29. The summed E-state index contributed by atoms with van der Waals surface area (Å²) < 4.78 is 0. The van der Waals surface area contributed by atoms with Gasteiger partial charge in [0.25, 0.3) is 0 Å². The molecule has 2 aliphatic heterocycles. The molecular formula is C23H26N6O2S. The lowest BCUT2D eigenvalue weighted by Gasteiger charge is -2.32. The average molecular weight is 451 g/mol. The van der Waals surface area contributed by atoms with Crippen LogP contribution in [-0.4, -0.2) is 69.3 Å². The summed E-state index contributed by atoms with van der Waals surface area (Å²) >= 11 is 1.54. The summed E-state index contributed by atoms with van der Waals surface area (Å²) in [6.45, 7) is 3.81. The van der Waals surface area contributed by atoms with Gasteiger partial charge in [0.05, 0.1) is 28.1 Å². The first-order valence-electron chi connectivity index (χ1n) is 11.1. The number of fused-ring (bicyclic) bond motifs is 1. The predicted molar refractivity (Wildman–Crippen MR) is 124 cm³/mol. The zero-order valence-corrected chi connectivity index (χ0v) is 18.7. The van der Waals surface area contributed by atoms with Gasteiger partial charge in [0.1, 0.15) is 5.82 Å². The van der Waals surface area contributed by atoms with Crippen LogP contribution in [0.3, 0.4) is 0 Å². The van der Waals surface area contributed by atoms with Crippen molar-refractivity contribution in [3.05, 3.63) is 36.1 Å². The molecule has 9 heteroatoms. The van der Waals surface area contributed by atoms with E-state index in [9.17, 15) is 9.59 Å². The summed E-state index contributed by atoms with van der Waals surface area (Å²) in [6, 6.07) is 5.74. The maximum absolute atomic E-state index is 12.8. The maximum atomic E-state index is 12.8. The van der Waals surface area contributed by atoms with E-state index in [2.05, 4.69) is 20.2 Å². The van der Waals surface area contributed by atoms with Gasteiger partial charge in [0, 0.05) is 42.9 Å². The fourth-order valence-corrected chi connectivity index (χ4v) is 5.01. The lowest BCUT2D eigenvalue weighted by molar-refractivity contribution is -0.135. The Kier molecular flexibility index (Phi) is 6.09. The standard InChI is InChI=1S/C23H26N6O2S/c30-22(14-28-7-1-2-8-28)29-9-5-16(6-10-29)23(31)27-21-11-19-17(12-25-21)3-4-18(26-19)20-13-24-15-32-20/h3-4,11-13,15-16H,1-2,5-10,14H2,(H,25,27,31). The van der Waals surface area contributed by atoms with Crippen molar-refractivity contribution in [2.45, 2.75) is 25.7 Å². The van der Waals surface area contributed by atoms with Gasteiger partial charge in [-0.05, 0) is 50.9 Å². The molecule has 0 spiro atoms. The van der Waals surface area contributed by atoms with Gasteiger partial charge in [-0.2, -0.15) is 0 Å². The number of hydrogen-bond acceptors (Lipinski definition) is 7. The van der Waals surface area contributed by atoms with Crippen molar-refractivity contribution >= 4 is 39.9 Å². The topological polar surface area (TPSA) is 91.3 Å². The summed E-state index contributed by atoms with van der Waals surface area (Å²) in [7, 11) is 0.